The van der Waals surface area contributed by atoms with Gasteiger partial charge in [-0.2, -0.15) is 0 Å². The molecule has 3 atom stereocenters. The fourth-order valence-corrected chi connectivity index (χ4v) is 3.07. The standard InChI is InChI=1S/C13H24N2O2/c1-13(2,3)17-12(16)15-8-7-9-10(14)5-4-6-11(9)15/h9-11H,4-8,14H2,1-3H3/t9-,10+,11+/m0/s1. The predicted octanol–water partition coefficient (Wildman–Crippen LogP) is 2.12. The van der Waals surface area contributed by atoms with E-state index in [4.69, 9.17) is 10.5 Å². The second kappa shape index (κ2) is 4.48. The number of carbonyl (C=O) groups is 1. The van der Waals surface area contributed by atoms with Crippen molar-refractivity contribution in [1.29, 1.82) is 0 Å². The second-order valence-corrected chi connectivity index (χ2v) is 6.29. The van der Waals surface area contributed by atoms with E-state index >= 15 is 0 Å². The van der Waals surface area contributed by atoms with Crippen LogP contribution in [0.4, 0.5) is 4.79 Å². The Balaban J connectivity index is 2.01. The molecule has 0 unspecified atom stereocenters. The third-order valence-corrected chi connectivity index (χ3v) is 3.81. The first-order chi connectivity index (χ1) is 7.88. The van der Waals surface area contributed by atoms with Gasteiger partial charge in [-0.05, 0) is 52.4 Å². The van der Waals surface area contributed by atoms with Crippen molar-refractivity contribution in [3.05, 3.63) is 0 Å². The Kier molecular flexibility index (Phi) is 3.34. The van der Waals surface area contributed by atoms with Gasteiger partial charge in [0.15, 0.2) is 0 Å². The largest absolute Gasteiger partial charge is 0.444 e. The topological polar surface area (TPSA) is 55.6 Å². The molecule has 0 aromatic carbocycles. The fourth-order valence-electron chi connectivity index (χ4n) is 3.07. The molecule has 0 aromatic rings. The van der Waals surface area contributed by atoms with Gasteiger partial charge in [-0.3, -0.25) is 0 Å². The lowest BCUT2D eigenvalue weighted by molar-refractivity contribution is 0.0175. The highest BCUT2D eigenvalue weighted by atomic mass is 16.6. The fraction of sp³-hybridized carbons (Fsp3) is 0.923. The zero-order valence-corrected chi connectivity index (χ0v) is 11.1. The van der Waals surface area contributed by atoms with Crippen LogP contribution in [0.2, 0.25) is 0 Å². The summed E-state index contributed by atoms with van der Waals surface area (Å²) in [7, 11) is 0. The van der Waals surface area contributed by atoms with Crippen molar-refractivity contribution in [3.63, 3.8) is 0 Å². The number of carbonyl (C=O) groups excluding carboxylic acids is 1. The summed E-state index contributed by atoms with van der Waals surface area (Å²) < 4.78 is 5.45. The van der Waals surface area contributed by atoms with E-state index in [2.05, 4.69) is 0 Å². The second-order valence-electron chi connectivity index (χ2n) is 6.29. The minimum Gasteiger partial charge on any atom is -0.444 e. The van der Waals surface area contributed by atoms with Crippen LogP contribution in [-0.4, -0.2) is 35.2 Å². The molecule has 2 N–H and O–H groups in total. The molecule has 2 aliphatic rings. The van der Waals surface area contributed by atoms with Gasteiger partial charge in [0, 0.05) is 18.6 Å². The summed E-state index contributed by atoms with van der Waals surface area (Å²) in [6, 6.07) is 0.579. The molecule has 17 heavy (non-hydrogen) atoms. The molecule has 0 radical (unpaired) electrons. The SMILES string of the molecule is CC(C)(C)OC(=O)N1CC[C@H]2[C@H](N)CCC[C@H]21. The summed E-state index contributed by atoms with van der Waals surface area (Å²) in [5.74, 6) is 0.483. The van der Waals surface area contributed by atoms with E-state index in [1.54, 1.807) is 0 Å². The zero-order chi connectivity index (χ0) is 12.6. The lowest BCUT2D eigenvalue weighted by Crippen LogP contribution is -2.47. The summed E-state index contributed by atoms with van der Waals surface area (Å²) in [5.41, 5.74) is 5.72. The van der Waals surface area contributed by atoms with Crippen LogP contribution in [0.25, 0.3) is 0 Å². The Bertz CT molecular complexity index is 298. The Hall–Kier alpha value is -0.770. The van der Waals surface area contributed by atoms with E-state index in [-0.39, 0.29) is 12.1 Å². The maximum absolute atomic E-state index is 12.1. The van der Waals surface area contributed by atoms with Crippen molar-refractivity contribution in [2.45, 2.75) is 64.1 Å². The van der Waals surface area contributed by atoms with Crippen LogP contribution >= 0.6 is 0 Å². The van der Waals surface area contributed by atoms with Crippen LogP contribution in [0.5, 0.6) is 0 Å². The lowest BCUT2D eigenvalue weighted by atomic mass is 9.81. The number of hydrogen-bond acceptors (Lipinski definition) is 3. The van der Waals surface area contributed by atoms with Crippen molar-refractivity contribution in [1.82, 2.24) is 4.90 Å². The molecule has 0 aromatic heterocycles. The van der Waals surface area contributed by atoms with E-state index in [1.165, 1.54) is 0 Å². The van der Waals surface area contributed by atoms with Crippen molar-refractivity contribution >= 4 is 6.09 Å². The highest BCUT2D eigenvalue weighted by Crippen LogP contribution is 2.36. The van der Waals surface area contributed by atoms with Crippen LogP contribution in [0, 0.1) is 5.92 Å². The quantitative estimate of drug-likeness (QED) is 0.705. The first kappa shape index (κ1) is 12.7. The first-order valence-electron chi connectivity index (χ1n) is 6.64. The Morgan fingerprint density at radius 1 is 1.29 bits per heavy atom. The molecular formula is C13H24N2O2. The van der Waals surface area contributed by atoms with Crippen molar-refractivity contribution in [2.24, 2.45) is 11.7 Å². The van der Waals surface area contributed by atoms with Crippen LogP contribution < -0.4 is 5.73 Å². The summed E-state index contributed by atoms with van der Waals surface area (Å²) in [6.45, 7) is 6.53. The van der Waals surface area contributed by atoms with Crippen LogP contribution in [0.3, 0.4) is 0 Å². The molecule has 98 valence electrons. The van der Waals surface area contributed by atoms with Gasteiger partial charge in [-0.15, -0.1) is 0 Å². The van der Waals surface area contributed by atoms with Gasteiger partial charge in [-0.25, -0.2) is 4.79 Å². The molecule has 4 nitrogen and oxygen atoms in total. The number of nitrogens with two attached hydrogens (primary N) is 1. The molecule has 0 spiro atoms. The zero-order valence-electron chi connectivity index (χ0n) is 11.1. The predicted molar refractivity (Wildman–Crippen MR) is 66.7 cm³/mol. The summed E-state index contributed by atoms with van der Waals surface area (Å²) in [5, 5.41) is 0. The molecule has 1 saturated heterocycles. The normalized spacial score (nSPS) is 33.4. The highest BCUT2D eigenvalue weighted by Gasteiger charge is 2.43. The van der Waals surface area contributed by atoms with Gasteiger partial charge in [0.25, 0.3) is 0 Å². The first-order valence-corrected chi connectivity index (χ1v) is 6.64. The minimum atomic E-state index is -0.411. The number of likely N-dealkylation sites (tertiary alicyclic amines) is 1. The summed E-state index contributed by atoms with van der Waals surface area (Å²) in [4.78, 5) is 14.0. The molecule has 2 rings (SSSR count). The molecule has 2 fully saturated rings. The van der Waals surface area contributed by atoms with Crippen LogP contribution in [0.15, 0.2) is 0 Å². The van der Waals surface area contributed by atoms with Gasteiger partial charge in [0.2, 0.25) is 0 Å². The molecule has 1 heterocycles. The molecule has 1 amide bonds. The smallest absolute Gasteiger partial charge is 0.410 e. The number of amides is 1. The van der Waals surface area contributed by atoms with Gasteiger partial charge < -0.3 is 15.4 Å². The van der Waals surface area contributed by atoms with E-state index in [0.717, 1.165) is 32.2 Å². The summed E-state index contributed by atoms with van der Waals surface area (Å²) >= 11 is 0. The number of rotatable bonds is 0. The number of ether oxygens (including phenoxy) is 1. The Morgan fingerprint density at radius 3 is 2.65 bits per heavy atom. The third-order valence-electron chi connectivity index (χ3n) is 3.81. The molecule has 4 heteroatoms. The maximum atomic E-state index is 12.1. The molecule has 1 saturated carbocycles. The van der Waals surface area contributed by atoms with Crippen molar-refractivity contribution in [3.8, 4) is 0 Å². The molecular weight excluding hydrogens is 216 g/mol. The number of hydrogen-bond donors (Lipinski definition) is 1. The average Bonchev–Trinajstić information content (AvgIpc) is 2.60. The van der Waals surface area contributed by atoms with E-state index in [9.17, 15) is 4.79 Å². The Morgan fingerprint density at radius 2 is 2.00 bits per heavy atom. The van der Waals surface area contributed by atoms with E-state index < -0.39 is 5.60 Å². The van der Waals surface area contributed by atoms with Gasteiger partial charge >= 0.3 is 6.09 Å². The minimum absolute atomic E-state index is 0.167. The number of nitrogens with zero attached hydrogens (tertiary/aromatic N) is 1. The van der Waals surface area contributed by atoms with E-state index in [0.29, 0.717) is 12.0 Å². The lowest BCUT2D eigenvalue weighted by Gasteiger charge is -2.35. The monoisotopic (exact) mass is 240 g/mol. The average molecular weight is 240 g/mol. The highest BCUT2D eigenvalue weighted by molar-refractivity contribution is 5.69. The molecule has 1 aliphatic heterocycles. The molecule has 0 bridgehead atoms. The number of fused-ring (bicyclic) bond motifs is 1. The van der Waals surface area contributed by atoms with Crippen LogP contribution in [0.1, 0.15) is 46.5 Å². The van der Waals surface area contributed by atoms with Gasteiger partial charge in [0.05, 0.1) is 0 Å². The van der Waals surface area contributed by atoms with Gasteiger partial charge in [0.1, 0.15) is 5.60 Å². The van der Waals surface area contributed by atoms with Crippen molar-refractivity contribution in [2.75, 3.05) is 6.54 Å². The van der Waals surface area contributed by atoms with Crippen LogP contribution in [-0.2, 0) is 4.74 Å². The van der Waals surface area contributed by atoms with Crippen molar-refractivity contribution < 1.29 is 9.53 Å². The Labute approximate surface area is 103 Å². The third kappa shape index (κ3) is 2.73. The summed E-state index contributed by atoms with van der Waals surface area (Å²) in [6.07, 6.45) is 4.17. The molecule has 1 aliphatic carbocycles. The van der Waals surface area contributed by atoms with Gasteiger partial charge in [-0.1, -0.05) is 0 Å². The van der Waals surface area contributed by atoms with E-state index in [1.807, 2.05) is 25.7 Å². The maximum Gasteiger partial charge on any atom is 0.410 e.